The van der Waals surface area contributed by atoms with E-state index in [1.165, 1.54) is 135 Å². The molecule has 1 aliphatic carbocycles. The van der Waals surface area contributed by atoms with Crippen molar-refractivity contribution >= 4 is 22.8 Å². The molecule has 3 aromatic carbocycles. The summed E-state index contributed by atoms with van der Waals surface area (Å²) in [5.41, 5.74) is 13.7. The lowest BCUT2D eigenvalue weighted by atomic mass is 9.69. The van der Waals surface area contributed by atoms with Crippen LogP contribution in [0.1, 0.15) is 168 Å². The van der Waals surface area contributed by atoms with Crippen LogP contribution in [0.15, 0.2) is 48.5 Å². The number of nitrogens with zero attached hydrogens (tertiary/aromatic N) is 2. The molecule has 4 aromatic rings. The minimum Gasteiger partial charge on any atom is -0.173 e. The molecule has 0 unspecified atom stereocenters. The minimum absolute atomic E-state index is 0.0281. The van der Waals surface area contributed by atoms with Crippen LogP contribution in [-0.2, 0) is 16.2 Å². The predicted molar refractivity (Wildman–Crippen MR) is 202 cm³/mol. The van der Waals surface area contributed by atoms with E-state index >= 15 is 0 Å². The smallest absolute Gasteiger partial charge is 0.112 e. The molecule has 5 rings (SSSR count). The minimum atomic E-state index is 0.0281. The monoisotopic (exact) mass is 636 g/mol. The molecular formula is C43H60N2S. The summed E-state index contributed by atoms with van der Waals surface area (Å²) in [5.74, 6) is 0. The van der Waals surface area contributed by atoms with Gasteiger partial charge in [-0.15, -0.1) is 0 Å². The molecule has 0 spiro atoms. The standard InChI is InChI=1S/C43H60N2S/c1-9-11-13-15-17-19-27-43(28-20-18-16-14-12-10-2)37-29-31(33-25-26-36(42(6,7)8)40-39(33)44-46-45-40)21-23-34(37)35-24-22-32(30-38(35)43)41(3,4)5/h21-26,29-30H,9-20,27-28H2,1-8H3. The van der Waals surface area contributed by atoms with Crippen LogP contribution in [0.5, 0.6) is 0 Å². The van der Waals surface area contributed by atoms with Crippen molar-refractivity contribution in [3.63, 3.8) is 0 Å². The lowest BCUT2D eigenvalue weighted by molar-refractivity contribution is 0.397. The van der Waals surface area contributed by atoms with E-state index in [0.717, 1.165) is 11.0 Å². The summed E-state index contributed by atoms with van der Waals surface area (Å²) in [7, 11) is 0. The Hall–Kier alpha value is -2.52. The van der Waals surface area contributed by atoms with E-state index in [1.54, 1.807) is 11.1 Å². The number of benzene rings is 3. The van der Waals surface area contributed by atoms with Crippen molar-refractivity contribution in [1.82, 2.24) is 8.75 Å². The molecule has 1 aromatic heterocycles. The van der Waals surface area contributed by atoms with Gasteiger partial charge < -0.3 is 0 Å². The quantitative estimate of drug-likeness (QED) is 0.121. The van der Waals surface area contributed by atoms with Gasteiger partial charge in [0.25, 0.3) is 0 Å². The summed E-state index contributed by atoms with van der Waals surface area (Å²) in [4.78, 5) is 0. The second-order valence-electron chi connectivity index (χ2n) is 16.3. The zero-order valence-electron chi connectivity index (χ0n) is 30.3. The third kappa shape index (κ3) is 7.30. The van der Waals surface area contributed by atoms with Crippen molar-refractivity contribution < 1.29 is 0 Å². The highest BCUT2D eigenvalue weighted by Gasteiger charge is 2.43. The maximum Gasteiger partial charge on any atom is 0.112 e. The average Bonchev–Trinajstić information content (AvgIpc) is 3.61. The van der Waals surface area contributed by atoms with Crippen LogP contribution in [-0.4, -0.2) is 8.75 Å². The summed E-state index contributed by atoms with van der Waals surface area (Å²) >= 11 is 1.35. The van der Waals surface area contributed by atoms with E-state index in [9.17, 15) is 0 Å². The predicted octanol–water partition coefficient (Wildman–Crippen LogP) is 13.7. The Labute approximate surface area is 285 Å². The molecule has 0 N–H and O–H groups in total. The van der Waals surface area contributed by atoms with Gasteiger partial charge in [-0.05, 0) is 68.7 Å². The van der Waals surface area contributed by atoms with E-state index in [4.69, 9.17) is 8.75 Å². The summed E-state index contributed by atoms with van der Waals surface area (Å²) in [6.07, 6.45) is 18.5. The molecule has 248 valence electrons. The van der Waals surface area contributed by atoms with Crippen molar-refractivity contribution in [2.75, 3.05) is 0 Å². The van der Waals surface area contributed by atoms with Crippen LogP contribution >= 0.6 is 11.7 Å². The highest BCUT2D eigenvalue weighted by molar-refractivity contribution is 7.00. The zero-order valence-corrected chi connectivity index (χ0v) is 31.1. The number of hydrogen-bond donors (Lipinski definition) is 0. The molecule has 1 heterocycles. The van der Waals surface area contributed by atoms with E-state index in [2.05, 4.69) is 104 Å². The highest BCUT2D eigenvalue weighted by Crippen LogP contribution is 2.56. The van der Waals surface area contributed by atoms with Gasteiger partial charge in [-0.1, -0.05) is 175 Å². The first-order valence-electron chi connectivity index (χ1n) is 18.6. The fourth-order valence-corrected chi connectivity index (χ4v) is 8.49. The molecular weight excluding hydrogens is 577 g/mol. The molecule has 46 heavy (non-hydrogen) atoms. The van der Waals surface area contributed by atoms with Crippen LogP contribution in [0.25, 0.3) is 33.3 Å². The van der Waals surface area contributed by atoms with Crippen LogP contribution in [0, 0.1) is 0 Å². The van der Waals surface area contributed by atoms with Gasteiger partial charge in [-0.25, -0.2) is 0 Å². The van der Waals surface area contributed by atoms with Gasteiger partial charge in [0, 0.05) is 11.0 Å². The molecule has 1 aliphatic rings. The van der Waals surface area contributed by atoms with Crippen molar-refractivity contribution in [3.05, 3.63) is 70.8 Å². The van der Waals surface area contributed by atoms with E-state index in [-0.39, 0.29) is 16.2 Å². The van der Waals surface area contributed by atoms with Crippen molar-refractivity contribution in [3.8, 4) is 22.3 Å². The largest absolute Gasteiger partial charge is 0.173 e. The van der Waals surface area contributed by atoms with Crippen molar-refractivity contribution in [1.29, 1.82) is 0 Å². The van der Waals surface area contributed by atoms with E-state index in [0.29, 0.717) is 0 Å². The maximum absolute atomic E-state index is 4.88. The molecule has 0 atom stereocenters. The molecule has 0 saturated heterocycles. The summed E-state index contributed by atoms with van der Waals surface area (Å²) < 4.78 is 9.69. The fourth-order valence-electron chi connectivity index (χ4n) is 7.91. The Balaban J connectivity index is 1.61. The van der Waals surface area contributed by atoms with E-state index in [1.807, 2.05) is 0 Å². The lowest BCUT2D eigenvalue weighted by Gasteiger charge is -2.34. The second kappa shape index (κ2) is 14.7. The first-order valence-corrected chi connectivity index (χ1v) is 19.3. The molecule has 0 bridgehead atoms. The van der Waals surface area contributed by atoms with Gasteiger partial charge in [-0.2, -0.15) is 8.75 Å². The number of fused-ring (bicyclic) bond motifs is 4. The number of hydrogen-bond acceptors (Lipinski definition) is 3. The Morgan fingerprint density at radius 3 is 1.65 bits per heavy atom. The second-order valence-corrected chi connectivity index (χ2v) is 16.8. The maximum atomic E-state index is 4.88. The van der Waals surface area contributed by atoms with Gasteiger partial charge in [0.15, 0.2) is 0 Å². The molecule has 0 fully saturated rings. The Kier molecular flexibility index (Phi) is 11.1. The number of aromatic nitrogens is 2. The van der Waals surface area contributed by atoms with Crippen molar-refractivity contribution in [2.45, 2.75) is 162 Å². The molecule has 0 saturated carbocycles. The fraction of sp³-hybridized carbons (Fsp3) is 0.581. The van der Waals surface area contributed by atoms with Crippen molar-refractivity contribution in [2.24, 2.45) is 0 Å². The van der Waals surface area contributed by atoms with E-state index < -0.39 is 0 Å². The Bertz CT molecular complexity index is 1580. The molecule has 0 aliphatic heterocycles. The number of unbranched alkanes of at least 4 members (excludes halogenated alkanes) is 10. The lowest BCUT2D eigenvalue weighted by Crippen LogP contribution is -2.26. The van der Waals surface area contributed by atoms with Gasteiger partial charge in [0.05, 0.1) is 11.7 Å². The Morgan fingerprint density at radius 2 is 1.07 bits per heavy atom. The normalized spacial score (nSPS) is 14.2. The molecule has 0 radical (unpaired) electrons. The van der Waals surface area contributed by atoms with Gasteiger partial charge in [0.1, 0.15) is 11.0 Å². The Morgan fingerprint density at radius 1 is 0.543 bits per heavy atom. The molecule has 0 amide bonds. The average molecular weight is 637 g/mol. The first-order chi connectivity index (χ1) is 22.0. The highest BCUT2D eigenvalue weighted by atomic mass is 32.1. The van der Waals surface area contributed by atoms with Crippen LogP contribution in [0.4, 0.5) is 0 Å². The molecule has 2 nitrogen and oxygen atoms in total. The van der Waals surface area contributed by atoms with Crippen LogP contribution in [0.3, 0.4) is 0 Å². The number of rotatable bonds is 15. The van der Waals surface area contributed by atoms with Crippen LogP contribution in [0.2, 0.25) is 0 Å². The zero-order chi connectivity index (χ0) is 33.0. The van der Waals surface area contributed by atoms with Crippen LogP contribution < -0.4 is 0 Å². The third-order valence-corrected chi connectivity index (χ3v) is 11.2. The summed E-state index contributed by atoms with van der Waals surface area (Å²) in [6, 6.07) is 19.5. The van der Waals surface area contributed by atoms with Gasteiger partial charge in [0.2, 0.25) is 0 Å². The third-order valence-electron chi connectivity index (χ3n) is 10.7. The summed E-state index contributed by atoms with van der Waals surface area (Å²) in [5, 5.41) is 0. The topological polar surface area (TPSA) is 25.8 Å². The van der Waals surface area contributed by atoms with Gasteiger partial charge >= 0.3 is 0 Å². The first kappa shape index (κ1) is 34.8. The molecule has 3 heteroatoms. The van der Waals surface area contributed by atoms with Gasteiger partial charge in [-0.3, -0.25) is 0 Å². The SMILES string of the molecule is CCCCCCCCC1(CCCCCCCC)c2cc(-c3ccc(C(C)(C)C)c4nsnc34)ccc2-c2ccc(C(C)(C)C)cc21. The summed E-state index contributed by atoms with van der Waals surface area (Å²) in [6.45, 7) is 18.6.